The summed E-state index contributed by atoms with van der Waals surface area (Å²) >= 11 is 0. The molecule has 1 saturated carbocycles. The molecule has 1 aliphatic carbocycles. The number of fused-ring (bicyclic) bond motifs is 1. The van der Waals surface area contributed by atoms with Gasteiger partial charge in [0, 0.05) is 50.0 Å². The molecule has 0 spiro atoms. The lowest BCUT2D eigenvalue weighted by Crippen LogP contribution is -2.42. The molecule has 1 aromatic heterocycles. The van der Waals surface area contributed by atoms with Crippen molar-refractivity contribution in [1.82, 2.24) is 14.8 Å². The van der Waals surface area contributed by atoms with Gasteiger partial charge >= 0.3 is 0 Å². The van der Waals surface area contributed by atoms with Crippen molar-refractivity contribution in [2.75, 3.05) is 26.3 Å². The Morgan fingerprint density at radius 2 is 2.00 bits per heavy atom. The van der Waals surface area contributed by atoms with E-state index in [1.807, 2.05) is 35.4 Å². The van der Waals surface area contributed by atoms with Crippen LogP contribution in [-0.2, 0) is 24.1 Å². The normalized spacial score (nSPS) is 19.9. The van der Waals surface area contributed by atoms with Gasteiger partial charge in [-0.25, -0.2) is 0 Å². The van der Waals surface area contributed by atoms with Crippen LogP contribution in [0.1, 0.15) is 69.6 Å². The monoisotopic (exact) mass is 449 g/mol. The maximum absolute atomic E-state index is 13.3. The molecule has 0 bridgehead atoms. The van der Waals surface area contributed by atoms with E-state index in [1.54, 1.807) is 4.57 Å². The molecule has 7 heteroatoms. The molecule has 3 aliphatic rings. The van der Waals surface area contributed by atoms with Crippen LogP contribution in [0.3, 0.4) is 0 Å². The average Bonchev–Trinajstić information content (AvgIpc) is 3.55. The summed E-state index contributed by atoms with van der Waals surface area (Å²) in [5.41, 5.74) is 3.53. The highest BCUT2D eigenvalue weighted by Gasteiger charge is 2.33. The van der Waals surface area contributed by atoms with Gasteiger partial charge < -0.3 is 19.5 Å². The van der Waals surface area contributed by atoms with Crippen molar-refractivity contribution in [2.24, 2.45) is 5.92 Å². The fourth-order valence-corrected chi connectivity index (χ4v) is 4.99. The predicted octanol–water partition coefficient (Wildman–Crippen LogP) is 2.71. The van der Waals surface area contributed by atoms with Crippen LogP contribution >= 0.6 is 0 Å². The molecular weight excluding hydrogens is 418 g/mol. The molecule has 5 rings (SSSR count). The molecule has 2 amide bonds. The Kier molecular flexibility index (Phi) is 6.06. The SMILES string of the molecule is CCc1ccccc1C(=O)N1CCc2c(cn(C3CC3)c(=O)c2C(=O)NCC2CCOC2)C1. The number of pyridine rings is 1. The van der Waals surface area contributed by atoms with E-state index in [4.69, 9.17) is 4.74 Å². The number of carbonyl (C=O) groups excluding carboxylic acids is 2. The number of nitrogens with one attached hydrogen (secondary N) is 1. The summed E-state index contributed by atoms with van der Waals surface area (Å²) in [6.45, 7) is 4.85. The first-order chi connectivity index (χ1) is 16.1. The number of aryl methyl sites for hydroxylation is 1. The number of ether oxygens (including phenoxy) is 1. The van der Waals surface area contributed by atoms with Crippen LogP contribution in [0.2, 0.25) is 0 Å². The molecule has 2 aliphatic heterocycles. The molecule has 0 radical (unpaired) electrons. The second-order valence-electron chi connectivity index (χ2n) is 9.38. The third kappa shape index (κ3) is 4.34. The first-order valence-corrected chi connectivity index (χ1v) is 12.1. The van der Waals surface area contributed by atoms with E-state index in [9.17, 15) is 14.4 Å². The lowest BCUT2D eigenvalue weighted by Gasteiger charge is -2.31. The van der Waals surface area contributed by atoms with Gasteiger partial charge in [0.25, 0.3) is 17.4 Å². The number of nitrogens with zero attached hydrogens (tertiary/aromatic N) is 2. The van der Waals surface area contributed by atoms with Crippen molar-refractivity contribution >= 4 is 11.8 Å². The van der Waals surface area contributed by atoms with Crippen molar-refractivity contribution in [2.45, 2.75) is 51.6 Å². The van der Waals surface area contributed by atoms with Gasteiger partial charge in [0.15, 0.2) is 0 Å². The van der Waals surface area contributed by atoms with Crippen LogP contribution in [0, 0.1) is 5.92 Å². The van der Waals surface area contributed by atoms with Crippen molar-refractivity contribution in [3.63, 3.8) is 0 Å². The van der Waals surface area contributed by atoms with Crippen molar-refractivity contribution in [1.29, 1.82) is 0 Å². The Bertz CT molecular complexity index is 1130. The van der Waals surface area contributed by atoms with Crippen molar-refractivity contribution in [3.05, 3.63) is 68.6 Å². The van der Waals surface area contributed by atoms with Crippen LogP contribution in [0.4, 0.5) is 0 Å². The van der Waals surface area contributed by atoms with E-state index in [2.05, 4.69) is 12.2 Å². The van der Waals surface area contributed by atoms with Gasteiger partial charge in [0.1, 0.15) is 5.56 Å². The first-order valence-electron chi connectivity index (χ1n) is 12.1. The number of amides is 2. The summed E-state index contributed by atoms with van der Waals surface area (Å²) < 4.78 is 7.12. The molecule has 174 valence electrons. The maximum atomic E-state index is 13.3. The predicted molar refractivity (Wildman–Crippen MR) is 124 cm³/mol. The smallest absolute Gasteiger partial charge is 0.263 e. The molecule has 1 atom stereocenters. The summed E-state index contributed by atoms with van der Waals surface area (Å²) in [5, 5.41) is 2.98. The third-order valence-electron chi connectivity index (χ3n) is 7.08. The lowest BCUT2D eigenvalue weighted by atomic mass is 9.94. The van der Waals surface area contributed by atoms with Gasteiger partial charge in [-0.15, -0.1) is 0 Å². The molecule has 1 N–H and O–H groups in total. The topological polar surface area (TPSA) is 80.6 Å². The molecule has 33 heavy (non-hydrogen) atoms. The number of carbonyl (C=O) groups is 2. The zero-order chi connectivity index (χ0) is 22.9. The zero-order valence-corrected chi connectivity index (χ0v) is 19.1. The van der Waals surface area contributed by atoms with Gasteiger partial charge in [0.05, 0.1) is 6.61 Å². The number of aromatic nitrogens is 1. The lowest BCUT2D eigenvalue weighted by molar-refractivity contribution is 0.0733. The molecule has 7 nitrogen and oxygen atoms in total. The standard InChI is InChI=1S/C26H31N3O4/c1-2-18-5-3-4-6-22(18)25(31)28-11-9-21-19(14-28)15-29(20-7-8-20)26(32)23(21)24(30)27-13-17-10-12-33-16-17/h3-6,15,17,20H,2,7-14,16H2,1H3,(H,27,30). The second-order valence-corrected chi connectivity index (χ2v) is 9.38. The van der Waals surface area contributed by atoms with Crippen LogP contribution in [-0.4, -0.2) is 47.6 Å². The minimum atomic E-state index is -0.297. The van der Waals surface area contributed by atoms with E-state index in [1.165, 1.54) is 0 Å². The Morgan fingerprint density at radius 1 is 1.18 bits per heavy atom. The Hall–Kier alpha value is -2.93. The number of hydrogen-bond donors (Lipinski definition) is 1. The van der Waals surface area contributed by atoms with Crippen LogP contribution in [0.15, 0.2) is 35.3 Å². The van der Waals surface area contributed by atoms with Crippen molar-refractivity contribution < 1.29 is 14.3 Å². The fourth-order valence-electron chi connectivity index (χ4n) is 4.99. The molecule has 2 aromatic rings. The van der Waals surface area contributed by atoms with E-state index < -0.39 is 0 Å². The number of hydrogen-bond acceptors (Lipinski definition) is 4. The highest BCUT2D eigenvalue weighted by atomic mass is 16.5. The summed E-state index contributed by atoms with van der Waals surface area (Å²) in [5.74, 6) is 0.00894. The Balaban J connectivity index is 1.43. The van der Waals surface area contributed by atoms with Gasteiger partial charge in [-0.3, -0.25) is 14.4 Å². The molecule has 1 saturated heterocycles. The van der Waals surface area contributed by atoms with Gasteiger partial charge in [0.2, 0.25) is 0 Å². The summed E-state index contributed by atoms with van der Waals surface area (Å²) in [7, 11) is 0. The Morgan fingerprint density at radius 3 is 2.73 bits per heavy atom. The molecule has 1 aromatic carbocycles. The third-order valence-corrected chi connectivity index (χ3v) is 7.08. The quantitative estimate of drug-likeness (QED) is 0.735. The number of benzene rings is 1. The second kappa shape index (κ2) is 9.14. The summed E-state index contributed by atoms with van der Waals surface area (Å²) in [6, 6.07) is 7.89. The fraction of sp³-hybridized carbons (Fsp3) is 0.500. The van der Waals surface area contributed by atoms with Gasteiger partial charge in [-0.1, -0.05) is 25.1 Å². The van der Waals surface area contributed by atoms with E-state index >= 15 is 0 Å². The zero-order valence-electron chi connectivity index (χ0n) is 19.1. The highest BCUT2D eigenvalue weighted by molar-refractivity contribution is 5.97. The van der Waals surface area contributed by atoms with Gasteiger partial charge in [-0.2, -0.15) is 0 Å². The maximum Gasteiger partial charge on any atom is 0.263 e. The van der Waals surface area contributed by atoms with Crippen LogP contribution in [0.5, 0.6) is 0 Å². The summed E-state index contributed by atoms with van der Waals surface area (Å²) in [4.78, 5) is 41.6. The minimum Gasteiger partial charge on any atom is -0.381 e. The van der Waals surface area contributed by atoms with Gasteiger partial charge in [-0.05, 0) is 54.9 Å². The molecule has 1 unspecified atom stereocenters. The average molecular weight is 450 g/mol. The largest absolute Gasteiger partial charge is 0.381 e. The van der Waals surface area contributed by atoms with E-state index in [0.29, 0.717) is 38.6 Å². The molecular formula is C26H31N3O4. The Labute approximate surface area is 193 Å². The number of rotatable bonds is 6. The molecule has 2 fully saturated rings. The minimum absolute atomic E-state index is 0.00880. The highest BCUT2D eigenvalue weighted by Crippen LogP contribution is 2.35. The van der Waals surface area contributed by atoms with Crippen molar-refractivity contribution in [3.8, 4) is 0 Å². The first kappa shape index (κ1) is 21.9. The molecule has 3 heterocycles. The van der Waals surface area contributed by atoms with Crippen LogP contribution < -0.4 is 10.9 Å². The van der Waals surface area contributed by atoms with Crippen LogP contribution in [0.25, 0.3) is 0 Å². The summed E-state index contributed by atoms with van der Waals surface area (Å²) in [6.07, 6.45) is 6.02. The van der Waals surface area contributed by atoms with E-state index in [0.717, 1.165) is 54.5 Å². The van der Waals surface area contributed by atoms with E-state index in [-0.39, 0.29) is 29.0 Å².